The number of rotatable bonds is 2. The second kappa shape index (κ2) is 10.3. The molecule has 2 N–H and O–H groups in total. The quantitative estimate of drug-likeness (QED) is 0.339. The number of carbonyl (C=O) groups is 3. The summed E-state index contributed by atoms with van der Waals surface area (Å²) in [6.07, 6.45) is 3.80. The molecular weight excluding hydrogens is 576 g/mol. The molecule has 2 heterocycles. The largest absolute Gasteiger partial charge is 0.506 e. The number of nitrogens with one attached hydrogen (secondary N) is 1. The monoisotopic (exact) mass is 626 g/mol. The normalized spacial score (nSPS) is 26.1. The molecule has 1 aromatic rings. The number of amides is 2. The number of hydrogen-bond acceptors (Lipinski definition) is 6. The number of nitrogens with zero attached hydrogens (tertiary/aromatic N) is 3. The van der Waals surface area contributed by atoms with E-state index in [0.29, 0.717) is 22.5 Å². The minimum absolute atomic E-state index is 0.134. The maximum Gasteiger partial charge on any atom is 0.251 e. The maximum absolute atomic E-state index is 14.3. The van der Waals surface area contributed by atoms with Gasteiger partial charge in [-0.25, -0.2) is 4.99 Å². The number of carbonyl (C=O) groups excluding carboxylic acids is 3. The first-order valence-electron chi connectivity index (χ1n) is 16.2. The Labute approximate surface area is 274 Å². The average Bonchev–Trinajstić information content (AvgIpc) is 3.21. The topological polar surface area (TPSA) is 102 Å². The van der Waals surface area contributed by atoms with Crippen LogP contribution in [0.1, 0.15) is 94.2 Å². The van der Waals surface area contributed by atoms with Crippen molar-refractivity contribution >= 4 is 40.3 Å². The standard InChI is InChI=1S/C38H50N4O4/c1-19-37(9,10)23-15-21(25(17-27(23)41(19)13)39-33(45)35(3,4)5)29-31(43)30(32(29)44)22-16-24-28(42(14)20(2)38(24,11)12)18-26(22)40-34(46)36(6,7)8/h15-20,43H,1-14H3,(H,39,45)/b30-22-,40-26?. The molecule has 5 rings (SSSR count). The zero-order valence-electron chi connectivity index (χ0n) is 30.0. The molecule has 46 heavy (non-hydrogen) atoms. The molecule has 0 aromatic heterocycles. The number of allylic oxidation sites excluding steroid dienone is 6. The van der Waals surface area contributed by atoms with Crippen molar-refractivity contribution in [1.29, 1.82) is 0 Å². The summed E-state index contributed by atoms with van der Waals surface area (Å²) < 4.78 is 0. The molecule has 2 unspecified atom stereocenters. The molecule has 0 bridgehead atoms. The van der Waals surface area contributed by atoms with E-state index in [-0.39, 0.29) is 57.4 Å². The highest BCUT2D eigenvalue weighted by atomic mass is 16.3. The van der Waals surface area contributed by atoms with E-state index in [1.807, 2.05) is 59.2 Å². The van der Waals surface area contributed by atoms with Crippen LogP contribution in [0.2, 0.25) is 0 Å². The van der Waals surface area contributed by atoms with Crippen LogP contribution in [-0.2, 0) is 19.8 Å². The van der Waals surface area contributed by atoms with E-state index >= 15 is 0 Å². The summed E-state index contributed by atoms with van der Waals surface area (Å²) >= 11 is 0. The fourth-order valence-electron chi connectivity index (χ4n) is 6.71. The highest BCUT2D eigenvalue weighted by molar-refractivity contribution is 6.42. The van der Waals surface area contributed by atoms with Crippen molar-refractivity contribution in [2.24, 2.45) is 21.2 Å². The third kappa shape index (κ3) is 4.87. The van der Waals surface area contributed by atoms with Gasteiger partial charge in [-0.2, -0.15) is 0 Å². The molecule has 8 nitrogen and oxygen atoms in total. The van der Waals surface area contributed by atoms with Crippen LogP contribution in [0, 0.1) is 16.2 Å². The first-order valence-corrected chi connectivity index (χ1v) is 16.2. The fraction of sp³-hybridized carbons (Fsp3) is 0.526. The molecule has 0 radical (unpaired) electrons. The molecule has 1 saturated heterocycles. The number of Topliss-reactive ketones (excluding diaryl/α,β-unsaturated/α-hetero) is 1. The molecule has 1 aromatic carbocycles. The lowest BCUT2D eigenvalue weighted by molar-refractivity contribution is -0.125. The van der Waals surface area contributed by atoms with Crippen LogP contribution in [0.4, 0.5) is 11.4 Å². The van der Waals surface area contributed by atoms with Gasteiger partial charge in [0.25, 0.3) is 5.91 Å². The molecular formula is C38H50N4O4. The molecule has 246 valence electrons. The average molecular weight is 627 g/mol. The molecule has 0 spiro atoms. The Morgan fingerprint density at radius 3 is 2.00 bits per heavy atom. The maximum atomic E-state index is 14.3. The van der Waals surface area contributed by atoms with Gasteiger partial charge in [0.1, 0.15) is 5.76 Å². The van der Waals surface area contributed by atoms with E-state index in [0.717, 1.165) is 22.5 Å². The highest BCUT2D eigenvalue weighted by Crippen LogP contribution is 2.52. The highest BCUT2D eigenvalue weighted by Gasteiger charge is 2.48. The zero-order chi connectivity index (χ0) is 34.6. The number of benzene rings is 1. The van der Waals surface area contributed by atoms with Crippen molar-refractivity contribution in [1.82, 2.24) is 4.90 Å². The van der Waals surface area contributed by atoms with E-state index in [4.69, 9.17) is 0 Å². The molecule has 2 atom stereocenters. The molecule has 2 aliphatic heterocycles. The molecule has 8 heteroatoms. The van der Waals surface area contributed by atoms with Gasteiger partial charge in [-0.05, 0) is 49.3 Å². The van der Waals surface area contributed by atoms with Gasteiger partial charge in [0.15, 0.2) is 0 Å². The van der Waals surface area contributed by atoms with E-state index in [1.165, 1.54) is 0 Å². The Morgan fingerprint density at radius 1 is 0.870 bits per heavy atom. The molecule has 2 aliphatic carbocycles. The van der Waals surface area contributed by atoms with Crippen LogP contribution >= 0.6 is 0 Å². The number of aliphatic hydroxyl groups is 1. The summed E-state index contributed by atoms with van der Waals surface area (Å²) in [6, 6.07) is 4.20. The van der Waals surface area contributed by atoms with Crippen molar-refractivity contribution in [3.8, 4) is 0 Å². The Kier molecular flexibility index (Phi) is 7.47. The van der Waals surface area contributed by atoms with Crippen molar-refractivity contribution in [2.75, 3.05) is 24.3 Å². The third-order valence-corrected chi connectivity index (χ3v) is 10.9. The van der Waals surface area contributed by atoms with Crippen LogP contribution in [0.25, 0.3) is 5.57 Å². The lowest BCUT2D eigenvalue weighted by atomic mass is 9.73. The predicted molar refractivity (Wildman–Crippen MR) is 186 cm³/mol. The Bertz CT molecular complexity index is 1750. The van der Waals surface area contributed by atoms with Crippen molar-refractivity contribution in [3.63, 3.8) is 0 Å². The van der Waals surface area contributed by atoms with E-state index in [9.17, 15) is 19.5 Å². The summed E-state index contributed by atoms with van der Waals surface area (Å²) in [5, 5.41) is 14.9. The van der Waals surface area contributed by atoms with E-state index in [1.54, 1.807) is 20.8 Å². The summed E-state index contributed by atoms with van der Waals surface area (Å²) in [4.78, 5) is 49.6. The summed E-state index contributed by atoms with van der Waals surface area (Å²) in [6.45, 7) is 23.9. The van der Waals surface area contributed by atoms with Gasteiger partial charge in [0, 0.05) is 70.4 Å². The number of likely N-dealkylation sites (N-methyl/N-ethyl adjacent to an activating group) is 2. The summed E-state index contributed by atoms with van der Waals surface area (Å²) in [7, 11) is 4.05. The molecule has 2 amide bonds. The molecule has 1 fully saturated rings. The van der Waals surface area contributed by atoms with Gasteiger partial charge in [-0.3, -0.25) is 14.4 Å². The lowest BCUT2D eigenvalue weighted by Gasteiger charge is -2.30. The van der Waals surface area contributed by atoms with Crippen LogP contribution in [-0.4, -0.2) is 59.5 Å². The lowest BCUT2D eigenvalue weighted by Crippen LogP contribution is -2.36. The van der Waals surface area contributed by atoms with Crippen molar-refractivity contribution < 1.29 is 19.5 Å². The third-order valence-electron chi connectivity index (χ3n) is 10.9. The van der Waals surface area contributed by atoms with Gasteiger partial charge in [-0.1, -0.05) is 69.2 Å². The van der Waals surface area contributed by atoms with Gasteiger partial charge in [0.05, 0.1) is 22.5 Å². The van der Waals surface area contributed by atoms with Gasteiger partial charge in [-0.15, -0.1) is 0 Å². The fourth-order valence-corrected chi connectivity index (χ4v) is 6.71. The minimum atomic E-state index is -0.728. The van der Waals surface area contributed by atoms with Gasteiger partial charge < -0.3 is 20.2 Å². The first-order chi connectivity index (χ1) is 20.9. The number of hydrogen-bond donors (Lipinski definition) is 2. The number of fused-ring (bicyclic) bond motifs is 2. The predicted octanol–water partition coefficient (Wildman–Crippen LogP) is 7.13. The number of ketones is 1. The number of aliphatic imine (C=N–C) groups is 1. The zero-order valence-corrected chi connectivity index (χ0v) is 30.0. The Balaban J connectivity index is 1.76. The number of likely N-dealkylation sites (tertiary alicyclic amines) is 1. The first kappa shape index (κ1) is 33.4. The van der Waals surface area contributed by atoms with Crippen LogP contribution in [0.5, 0.6) is 0 Å². The van der Waals surface area contributed by atoms with Crippen LogP contribution in [0.15, 0.2) is 57.5 Å². The second-order valence-corrected chi connectivity index (χ2v) is 16.6. The second-order valence-electron chi connectivity index (χ2n) is 16.6. The minimum Gasteiger partial charge on any atom is -0.506 e. The SMILES string of the molecule is CC1N(C)C2=CC(=NC(=O)C(C)(C)C)/C(=C3\C(=O)C(c4cc5c(cc4NC(=O)C(C)(C)C)N(C)C(C)C5(C)C)=C3O)C=C2C1(C)C. The Hall–Kier alpha value is -3.94. The molecule has 0 saturated carbocycles. The van der Waals surface area contributed by atoms with E-state index < -0.39 is 10.8 Å². The van der Waals surface area contributed by atoms with Gasteiger partial charge >= 0.3 is 0 Å². The Morgan fingerprint density at radius 2 is 1.46 bits per heavy atom. The van der Waals surface area contributed by atoms with Crippen molar-refractivity contribution in [2.45, 2.75) is 101 Å². The number of anilines is 2. The summed E-state index contributed by atoms with van der Waals surface area (Å²) in [5.41, 5.74) is 4.13. The van der Waals surface area contributed by atoms with Crippen LogP contribution < -0.4 is 10.2 Å². The van der Waals surface area contributed by atoms with Gasteiger partial charge in [0.2, 0.25) is 11.7 Å². The number of aliphatic hydroxyl groups excluding tert-OH is 1. The van der Waals surface area contributed by atoms with Crippen molar-refractivity contribution in [3.05, 3.63) is 63.6 Å². The smallest absolute Gasteiger partial charge is 0.251 e. The van der Waals surface area contributed by atoms with Crippen LogP contribution in [0.3, 0.4) is 0 Å². The van der Waals surface area contributed by atoms with E-state index in [2.05, 4.69) is 61.7 Å². The summed E-state index contributed by atoms with van der Waals surface area (Å²) in [5.74, 6) is -1.02. The molecule has 4 aliphatic rings.